The zero-order chi connectivity index (χ0) is 23.5. The summed E-state index contributed by atoms with van der Waals surface area (Å²) in [4.78, 5) is 36.0. The van der Waals surface area contributed by atoms with Crippen LogP contribution < -0.4 is 18.9 Å². The summed E-state index contributed by atoms with van der Waals surface area (Å²) in [5, 5.41) is 0. The average molecular weight is 446 g/mol. The number of ketones is 1. The Morgan fingerprint density at radius 3 is 1.38 bits per heavy atom. The molecule has 2 aromatic rings. The van der Waals surface area contributed by atoms with Crippen molar-refractivity contribution in [2.75, 3.05) is 41.7 Å². The lowest BCUT2D eigenvalue weighted by Gasteiger charge is -2.11. The van der Waals surface area contributed by atoms with Gasteiger partial charge in [0.2, 0.25) is 5.78 Å². The van der Waals surface area contributed by atoms with Gasteiger partial charge in [-0.05, 0) is 12.1 Å². The zero-order valence-electron chi connectivity index (χ0n) is 18.5. The summed E-state index contributed by atoms with van der Waals surface area (Å²) in [5.41, 5.74) is 1.18. The van der Waals surface area contributed by atoms with Crippen LogP contribution in [0.5, 0.6) is 23.0 Å². The van der Waals surface area contributed by atoms with Crippen molar-refractivity contribution in [2.45, 2.75) is 12.8 Å². The number of methoxy groups -OCH3 is 4. The van der Waals surface area contributed by atoms with Crippen LogP contribution in [0, 0.1) is 0 Å². The summed E-state index contributed by atoms with van der Waals surface area (Å²) < 4.78 is 30.6. The van der Waals surface area contributed by atoms with E-state index in [2.05, 4.69) is 0 Å². The molecular formula is C23H26O9. The number of ether oxygens (including phenoxy) is 6. The molecule has 0 saturated heterocycles. The summed E-state index contributed by atoms with van der Waals surface area (Å²) in [6.07, 6.45) is -0.172. The number of benzene rings is 2. The molecule has 0 saturated carbocycles. The number of hydrogen-bond acceptors (Lipinski definition) is 9. The summed E-state index contributed by atoms with van der Waals surface area (Å²) >= 11 is 0. The first-order valence-electron chi connectivity index (χ1n) is 9.64. The van der Waals surface area contributed by atoms with Gasteiger partial charge in [-0.3, -0.25) is 14.4 Å². The molecule has 9 nitrogen and oxygen atoms in total. The lowest BCUT2D eigenvalue weighted by Crippen LogP contribution is -2.22. The normalized spacial score (nSPS) is 10.1. The molecule has 2 rings (SSSR count). The fourth-order valence-corrected chi connectivity index (χ4v) is 2.77. The van der Waals surface area contributed by atoms with Crippen molar-refractivity contribution in [3.05, 3.63) is 47.5 Å². The van der Waals surface area contributed by atoms with Crippen LogP contribution in [-0.4, -0.2) is 59.4 Å². The minimum absolute atomic E-state index is 0.0858. The molecule has 0 radical (unpaired) electrons. The third-order valence-corrected chi connectivity index (χ3v) is 4.45. The van der Waals surface area contributed by atoms with E-state index in [0.717, 1.165) is 0 Å². The molecule has 0 amide bonds. The molecule has 0 fully saturated rings. The van der Waals surface area contributed by atoms with Crippen molar-refractivity contribution in [1.82, 2.24) is 0 Å². The van der Waals surface area contributed by atoms with Gasteiger partial charge < -0.3 is 28.4 Å². The predicted octanol–water partition coefficient (Wildman–Crippen LogP) is 2.16. The van der Waals surface area contributed by atoms with E-state index in [0.29, 0.717) is 34.1 Å². The van der Waals surface area contributed by atoms with Crippen LogP contribution in [0.1, 0.15) is 11.1 Å². The molecule has 0 aliphatic heterocycles. The first kappa shape index (κ1) is 24.5. The number of Topliss-reactive ketones (excluding diaryl/α,β-unsaturated/α-hetero) is 1. The Kier molecular flexibility index (Phi) is 9.34. The zero-order valence-corrected chi connectivity index (χ0v) is 18.5. The van der Waals surface area contributed by atoms with Gasteiger partial charge in [-0.2, -0.15) is 0 Å². The third kappa shape index (κ3) is 7.19. The second kappa shape index (κ2) is 12.2. The van der Waals surface area contributed by atoms with E-state index in [4.69, 9.17) is 28.4 Å². The molecule has 0 spiro atoms. The number of hydrogen-bond donors (Lipinski definition) is 0. The van der Waals surface area contributed by atoms with Crippen molar-refractivity contribution < 1.29 is 42.8 Å². The van der Waals surface area contributed by atoms with Crippen molar-refractivity contribution in [3.8, 4) is 23.0 Å². The third-order valence-electron chi connectivity index (χ3n) is 4.45. The van der Waals surface area contributed by atoms with Crippen molar-refractivity contribution in [1.29, 1.82) is 0 Å². The van der Waals surface area contributed by atoms with E-state index in [1.165, 1.54) is 28.4 Å². The Morgan fingerprint density at radius 1 is 0.625 bits per heavy atom. The van der Waals surface area contributed by atoms with E-state index in [9.17, 15) is 14.4 Å². The number of rotatable bonds is 12. The molecule has 0 aliphatic carbocycles. The molecule has 0 heterocycles. The lowest BCUT2D eigenvalue weighted by molar-refractivity contribution is -0.152. The highest BCUT2D eigenvalue weighted by Gasteiger charge is 2.15. The summed E-state index contributed by atoms with van der Waals surface area (Å²) in [7, 11) is 6.00. The number of carbonyl (C=O) groups excluding carboxylic acids is 3. The van der Waals surface area contributed by atoms with Gasteiger partial charge in [0.1, 0.15) is 23.0 Å². The molecule has 32 heavy (non-hydrogen) atoms. The van der Waals surface area contributed by atoms with E-state index in [1.807, 2.05) is 0 Å². The van der Waals surface area contributed by atoms with Gasteiger partial charge in [-0.1, -0.05) is 12.1 Å². The highest BCUT2D eigenvalue weighted by atomic mass is 16.6. The Bertz CT molecular complexity index is 877. The van der Waals surface area contributed by atoms with Crippen LogP contribution in [0.3, 0.4) is 0 Å². The molecule has 0 aliphatic rings. The molecule has 0 aromatic heterocycles. The minimum Gasteiger partial charge on any atom is -0.497 e. The van der Waals surface area contributed by atoms with E-state index in [1.54, 1.807) is 36.4 Å². The molecule has 172 valence electrons. The van der Waals surface area contributed by atoms with Crippen LogP contribution in [0.15, 0.2) is 36.4 Å². The number of esters is 2. The fraction of sp³-hybridized carbons (Fsp3) is 0.348. The molecule has 0 atom stereocenters. The maximum absolute atomic E-state index is 12.0. The van der Waals surface area contributed by atoms with Crippen LogP contribution in [0.25, 0.3) is 0 Å². The van der Waals surface area contributed by atoms with Gasteiger partial charge in [-0.25, -0.2) is 0 Å². The van der Waals surface area contributed by atoms with Crippen molar-refractivity contribution >= 4 is 17.7 Å². The van der Waals surface area contributed by atoms with Crippen LogP contribution in [0.4, 0.5) is 0 Å². The first-order chi connectivity index (χ1) is 15.4. The van der Waals surface area contributed by atoms with Gasteiger partial charge in [0.15, 0.2) is 13.2 Å². The van der Waals surface area contributed by atoms with E-state index in [-0.39, 0.29) is 12.8 Å². The lowest BCUT2D eigenvalue weighted by atomic mass is 10.1. The minimum atomic E-state index is -0.615. The largest absolute Gasteiger partial charge is 0.497 e. The van der Waals surface area contributed by atoms with E-state index >= 15 is 0 Å². The summed E-state index contributed by atoms with van der Waals surface area (Å²) in [6, 6.07) is 10.0. The topological polar surface area (TPSA) is 107 Å². The second-order valence-corrected chi connectivity index (χ2v) is 6.57. The molecule has 0 unspecified atom stereocenters. The monoisotopic (exact) mass is 446 g/mol. The van der Waals surface area contributed by atoms with Gasteiger partial charge >= 0.3 is 11.9 Å². The summed E-state index contributed by atoms with van der Waals surface area (Å²) in [5.74, 6) is 0.333. The Morgan fingerprint density at radius 2 is 1.03 bits per heavy atom. The predicted molar refractivity (Wildman–Crippen MR) is 113 cm³/mol. The molecule has 2 aromatic carbocycles. The smallest absolute Gasteiger partial charge is 0.310 e. The standard InChI is InChI=1S/C23H26O9/c1-27-18-7-5-15(20(11-18)29-3)9-22(25)31-13-17(24)14-32-23(26)10-16-6-8-19(28-2)12-21(16)30-4/h5-8,11-12H,9-10,13-14H2,1-4H3. The van der Waals surface area contributed by atoms with Gasteiger partial charge in [-0.15, -0.1) is 0 Å². The average Bonchev–Trinajstić information content (AvgIpc) is 2.81. The van der Waals surface area contributed by atoms with Crippen LogP contribution in [-0.2, 0) is 36.7 Å². The molecule has 0 bridgehead atoms. The molecular weight excluding hydrogens is 420 g/mol. The maximum atomic E-state index is 12.0. The van der Waals surface area contributed by atoms with Crippen LogP contribution >= 0.6 is 0 Å². The van der Waals surface area contributed by atoms with E-state index < -0.39 is 30.9 Å². The number of carbonyl (C=O) groups is 3. The highest BCUT2D eigenvalue weighted by molar-refractivity contribution is 5.86. The SMILES string of the molecule is COc1ccc(CC(=O)OCC(=O)COC(=O)Cc2ccc(OC)cc2OC)c(OC)c1. The summed E-state index contributed by atoms with van der Waals surface area (Å²) in [6.45, 7) is -1.01. The maximum Gasteiger partial charge on any atom is 0.310 e. The quantitative estimate of drug-likeness (QED) is 0.453. The molecule has 9 heteroatoms. The second-order valence-electron chi connectivity index (χ2n) is 6.57. The van der Waals surface area contributed by atoms with Crippen molar-refractivity contribution in [3.63, 3.8) is 0 Å². The van der Waals surface area contributed by atoms with Gasteiger partial charge in [0.05, 0.1) is 41.3 Å². The first-order valence-corrected chi connectivity index (χ1v) is 9.64. The Hall–Kier alpha value is -3.75. The highest BCUT2D eigenvalue weighted by Crippen LogP contribution is 2.26. The van der Waals surface area contributed by atoms with Gasteiger partial charge in [0.25, 0.3) is 0 Å². The van der Waals surface area contributed by atoms with Crippen LogP contribution in [0.2, 0.25) is 0 Å². The Balaban J connectivity index is 1.78. The van der Waals surface area contributed by atoms with Gasteiger partial charge in [0, 0.05) is 23.3 Å². The van der Waals surface area contributed by atoms with Crippen molar-refractivity contribution in [2.24, 2.45) is 0 Å². The Labute approximate surface area is 186 Å². The molecule has 0 N–H and O–H groups in total. The fourth-order valence-electron chi connectivity index (χ4n) is 2.77.